The molecule has 0 saturated carbocycles. The zero-order valence-electron chi connectivity index (χ0n) is 17.4. The third-order valence-electron chi connectivity index (χ3n) is 5.11. The van der Waals surface area contributed by atoms with Crippen molar-refractivity contribution in [3.63, 3.8) is 0 Å². The second-order valence-corrected chi connectivity index (χ2v) is 8.87. The van der Waals surface area contributed by atoms with E-state index in [1.165, 1.54) is 23.0 Å². The smallest absolute Gasteiger partial charge is 0.338 e. The van der Waals surface area contributed by atoms with Gasteiger partial charge in [0.15, 0.2) is 4.80 Å². The first-order chi connectivity index (χ1) is 15.3. The number of aromatic nitrogens is 1. The van der Waals surface area contributed by atoms with Gasteiger partial charge in [0.2, 0.25) is 0 Å². The van der Waals surface area contributed by atoms with Crippen LogP contribution in [0.1, 0.15) is 24.1 Å². The minimum absolute atomic E-state index is 0.283. The maximum atomic E-state index is 13.5. The number of hydrogen-bond acceptors (Lipinski definition) is 6. The van der Waals surface area contributed by atoms with Gasteiger partial charge in [0.1, 0.15) is 5.75 Å². The van der Waals surface area contributed by atoms with Crippen LogP contribution in [0.2, 0.25) is 10.0 Å². The summed E-state index contributed by atoms with van der Waals surface area (Å²) in [5, 5.41) is 0.938. The third-order valence-corrected chi connectivity index (χ3v) is 6.65. The van der Waals surface area contributed by atoms with Crippen molar-refractivity contribution in [3.8, 4) is 5.75 Å². The fourth-order valence-electron chi connectivity index (χ4n) is 3.55. The number of fused-ring (bicyclic) bond motifs is 1. The average molecular weight is 489 g/mol. The Morgan fingerprint density at radius 3 is 2.50 bits per heavy atom. The molecular formula is C23H18Cl2N2O4S. The first kappa shape index (κ1) is 22.3. The van der Waals surface area contributed by atoms with E-state index in [0.29, 0.717) is 42.0 Å². The van der Waals surface area contributed by atoms with Crippen LogP contribution in [0.15, 0.2) is 63.5 Å². The van der Waals surface area contributed by atoms with E-state index in [1.54, 1.807) is 50.4 Å². The lowest BCUT2D eigenvalue weighted by atomic mass is 9.96. The molecular weight excluding hydrogens is 471 g/mol. The van der Waals surface area contributed by atoms with E-state index in [4.69, 9.17) is 32.7 Å². The van der Waals surface area contributed by atoms with Crippen LogP contribution in [-0.2, 0) is 9.53 Å². The molecule has 0 radical (unpaired) electrons. The zero-order valence-corrected chi connectivity index (χ0v) is 19.7. The largest absolute Gasteiger partial charge is 0.497 e. The van der Waals surface area contributed by atoms with Crippen LogP contribution in [0.4, 0.5) is 0 Å². The lowest BCUT2D eigenvalue weighted by Gasteiger charge is -2.24. The van der Waals surface area contributed by atoms with Crippen LogP contribution >= 0.6 is 34.5 Å². The average Bonchev–Trinajstić information content (AvgIpc) is 3.09. The molecule has 9 heteroatoms. The van der Waals surface area contributed by atoms with E-state index in [2.05, 4.69) is 4.99 Å². The number of carbonyl (C=O) groups is 1. The standard InChI is InChI=1S/C23H18Cl2N2O4S/c1-12-19(22(29)31-3)20(13-5-8-16(30-2)9-6-13)27-21(28)18(32-23(27)26-12)10-14-4-7-15(24)11-17(14)25/h4-11,20H,1-3H3/b18-10+. The summed E-state index contributed by atoms with van der Waals surface area (Å²) in [5.74, 6) is 0.126. The second kappa shape index (κ2) is 8.94. The molecule has 6 nitrogen and oxygen atoms in total. The number of carbonyl (C=O) groups excluding carboxylic acids is 1. The summed E-state index contributed by atoms with van der Waals surface area (Å²) in [5.41, 5.74) is 1.91. The highest BCUT2D eigenvalue weighted by Crippen LogP contribution is 2.31. The first-order valence-corrected chi connectivity index (χ1v) is 11.1. The number of thiazole rings is 1. The van der Waals surface area contributed by atoms with E-state index in [9.17, 15) is 9.59 Å². The first-order valence-electron chi connectivity index (χ1n) is 9.54. The Bertz CT molecular complexity index is 1420. The Hall–Kier alpha value is -2.87. The maximum absolute atomic E-state index is 13.5. The number of hydrogen-bond donors (Lipinski definition) is 0. The van der Waals surface area contributed by atoms with Gasteiger partial charge in [-0.3, -0.25) is 9.36 Å². The molecule has 0 fully saturated rings. The van der Waals surface area contributed by atoms with Crippen molar-refractivity contribution < 1.29 is 14.3 Å². The summed E-state index contributed by atoms with van der Waals surface area (Å²) in [6, 6.07) is 11.6. The summed E-state index contributed by atoms with van der Waals surface area (Å²) in [6.45, 7) is 1.73. The van der Waals surface area contributed by atoms with Gasteiger partial charge < -0.3 is 9.47 Å². The number of rotatable bonds is 4. The van der Waals surface area contributed by atoms with Gasteiger partial charge in [-0.05, 0) is 48.4 Å². The van der Waals surface area contributed by atoms with Crippen molar-refractivity contribution in [1.82, 2.24) is 4.57 Å². The van der Waals surface area contributed by atoms with Gasteiger partial charge in [0, 0.05) is 10.0 Å². The number of benzene rings is 2. The van der Waals surface area contributed by atoms with E-state index >= 15 is 0 Å². The van der Waals surface area contributed by atoms with Crippen LogP contribution in [0.5, 0.6) is 5.75 Å². The number of halogens is 2. The highest BCUT2D eigenvalue weighted by Gasteiger charge is 2.33. The molecule has 1 aliphatic heterocycles. The number of ether oxygens (including phenoxy) is 2. The molecule has 0 amide bonds. The predicted molar refractivity (Wildman–Crippen MR) is 125 cm³/mol. The summed E-state index contributed by atoms with van der Waals surface area (Å²) in [7, 11) is 2.88. The van der Waals surface area contributed by atoms with Gasteiger partial charge in [0.05, 0.1) is 36.1 Å². The Balaban J connectivity index is 1.96. The molecule has 3 aromatic rings. The number of nitrogens with zero attached hydrogens (tertiary/aromatic N) is 2. The van der Waals surface area contributed by atoms with Gasteiger partial charge in [-0.2, -0.15) is 0 Å². The van der Waals surface area contributed by atoms with Crippen molar-refractivity contribution in [2.24, 2.45) is 4.99 Å². The van der Waals surface area contributed by atoms with Crippen molar-refractivity contribution >= 4 is 46.6 Å². The van der Waals surface area contributed by atoms with Gasteiger partial charge in [-0.25, -0.2) is 9.79 Å². The van der Waals surface area contributed by atoms with E-state index < -0.39 is 12.0 Å². The molecule has 164 valence electrons. The maximum Gasteiger partial charge on any atom is 0.338 e. The second-order valence-electron chi connectivity index (χ2n) is 7.01. The molecule has 1 unspecified atom stereocenters. The topological polar surface area (TPSA) is 69.9 Å². The van der Waals surface area contributed by atoms with Crippen LogP contribution in [0.25, 0.3) is 6.08 Å². The van der Waals surface area contributed by atoms with Crippen LogP contribution in [0, 0.1) is 0 Å². The molecule has 1 aromatic heterocycles. The highest BCUT2D eigenvalue weighted by molar-refractivity contribution is 7.07. The molecule has 4 rings (SSSR count). The lowest BCUT2D eigenvalue weighted by Crippen LogP contribution is -2.39. The quantitative estimate of drug-likeness (QED) is 0.524. The third kappa shape index (κ3) is 3.99. The Kier molecular flexibility index (Phi) is 6.24. The Morgan fingerprint density at radius 1 is 1.16 bits per heavy atom. The van der Waals surface area contributed by atoms with Crippen molar-refractivity contribution in [2.75, 3.05) is 14.2 Å². The fourth-order valence-corrected chi connectivity index (χ4v) is 5.05. The summed E-state index contributed by atoms with van der Waals surface area (Å²) >= 11 is 13.5. The number of esters is 1. The Labute approximate surface area is 197 Å². The van der Waals surface area contributed by atoms with Gasteiger partial charge in [-0.15, -0.1) is 0 Å². The van der Waals surface area contributed by atoms with Crippen LogP contribution < -0.4 is 19.6 Å². The lowest BCUT2D eigenvalue weighted by molar-refractivity contribution is -0.136. The summed E-state index contributed by atoms with van der Waals surface area (Å²) in [4.78, 5) is 31.2. The molecule has 2 aromatic carbocycles. The minimum Gasteiger partial charge on any atom is -0.497 e. The minimum atomic E-state index is -0.688. The molecule has 0 bridgehead atoms. The van der Waals surface area contributed by atoms with Crippen LogP contribution in [-0.4, -0.2) is 24.8 Å². The number of allylic oxidation sites excluding steroid dienone is 1. The molecule has 1 atom stereocenters. The van der Waals surface area contributed by atoms with Crippen molar-refractivity contribution in [3.05, 3.63) is 94.6 Å². The van der Waals surface area contributed by atoms with Crippen LogP contribution in [0.3, 0.4) is 0 Å². The summed E-state index contributed by atoms with van der Waals surface area (Å²) in [6.07, 6.45) is 1.70. The van der Waals surface area contributed by atoms with E-state index in [1.807, 2.05) is 12.1 Å². The molecule has 2 heterocycles. The number of methoxy groups -OCH3 is 2. The summed E-state index contributed by atoms with van der Waals surface area (Å²) < 4.78 is 12.2. The normalized spacial score (nSPS) is 15.9. The van der Waals surface area contributed by atoms with Crippen molar-refractivity contribution in [2.45, 2.75) is 13.0 Å². The molecule has 32 heavy (non-hydrogen) atoms. The highest BCUT2D eigenvalue weighted by atomic mass is 35.5. The molecule has 0 N–H and O–H groups in total. The van der Waals surface area contributed by atoms with Gasteiger partial charge in [-0.1, -0.05) is 52.7 Å². The SMILES string of the molecule is COC(=O)C1=C(C)N=c2s/c(=C/c3ccc(Cl)cc3Cl)c(=O)n2C1c1ccc(OC)cc1. The fraction of sp³-hybridized carbons (Fsp3) is 0.174. The van der Waals surface area contributed by atoms with E-state index in [0.717, 1.165) is 5.56 Å². The zero-order chi connectivity index (χ0) is 23.0. The van der Waals surface area contributed by atoms with Gasteiger partial charge in [0.25, 0.3) is 5.56 Å². The van der Waals surface area contributed by atoms with E-state index in [-0.39, 0.29) is 5.56 Å². The molecule has 0 spiro atoms. The van der Waals surface area contributed by atoms with Crippen molar-refractivity contribution in [1.29, 1.82) is 0 Å². The predicted octanol–water partition coefficient (Wildman–Crippen LogP) is 3.72. The molecule has 1 aliphatic rings. The molecule has 0 saturated heterocycles. The monoisotopic (exact) mass is 488 g/mol. The van der Waals surface area contributed by atoms with Gasteiger partial charge >= 0.3 is 5.97 Å². The Morgan fingerprint density at radius 2 is 1.88 bits per heavy atom. The molecule has 0 aliphatic carbocycles.